The molecular weight excluding hydrogens is 366 g/mol. The van der Waals surface area contributed by atoms with Crippen LogP contribution in [-0.2, 0) is 13.3 Å². The Morgan fingerprint density at radius 2 is 1.93 bits per heavy atom. The number of carbonyl (C=O) groups excluding carboxylic acids is 1. The quantitative estimate of drug-likeness (QED) is 0.524. The Hall–Kier alpha value is -3.87. The van der Waals surface area contributed by atoms with Crippen LogP contribution >= 0.6 is 0 Å². The van der Waals surface area contributed by atoms with Crippen molar-refractivity contribution >= 4 is 11.6 Å². The molecule has 4 rings (SSSR count). The van der Waals surface area contributed by atoms with Gasteiger partial charge in [-0.25, -0.2) is 4.68 Å². The molecule has 0 saturated carbocycles. The summed E-state index contributed by atoms with van der Waals surface area (Å²) in [5.41, 5.74) is 3.14. The van der Waals surface area contributed by atoms with Crippen molar-refractivity contribution in [3.63, 3.8) is 0 Å². The fourth-order valence-corrected chi connectivity index (χ4v) is 2.93. The number of hydrogen-bond donors (Lipinski definition) is 1. The van der Waals surface area contributed by atoms with Crippen LogP contribution in [0.25, 0.3) is 0 Å². The highest BCUT2D eigenvalue weighted by Gasteiger charge is 2.11. The molecule has 7 heteroatoms. The summed E-state index contributed by atoms with van der Waals surface area (Å²) in [6, 6.07) is 19.0. The number of aryl methyl sites for hydroxylation is 1. The van der Waals surface area contributed by atoms with Crippen molar-refractivity contribution in [3.8, 4) is 5.75 Å². The van der Waals surface area contributed by atoms with Gasteiger partial charge in [0, 0.05) is 24.3 Å². The maximum Gasteiger partial charge on any atom is 0.276 e. The van der Waals surface area contributed by atoms with Crippen molar-refractivity contribution in [1.82, 2.24) is 19.6 Å². The number of nitrogens with zero attached hydrogens (tertiary/aromatic N) is 4. The van der Waals surface area contributed by atoms with E-state index in [1.807, 2.05) is 72.4 Å². The Labute approximate surface area is 168 Å². The van der Waals surface area contributed by atoms with Gasteiger partial charge in [0.1, 0.15) is 5.75 Å². The standard InChI is InChI=1S/C22H21N5O2/c1-17-6-2-3-9-21(17)29-16-27-13-10-20(25-27)22(28)24-19-8-4-7-18(14-19)15-26-12-5-11-23-26/h2-14H,15-16H2,1H3,(H,24,28). The summed E-state index contributed by atoms with van der Waals surface area (Å²) in [6.07, 6.45) is 5.36. The molecule has 2 aromatic heterocycles. The number of benzene rings is 2. The summed E-state index contributed by atoms with van der Waals surface area (Å²) in [7, 11) is 0. The number of ether oxygens (including phenoxy) is 1. The van der Waals surface area contributed by atoms with E-state index in [2.05, 4.69) is 15.5 Å². The summed E-state index contributed by atoms with van der Waals surface area (Å²) < 4.78 is 9.18. The molecule has 146 valence electrons. The lowest BCUT2D eigenvalue weighted by molar-refractivity contribution is 0.102. The molecule has 0 bridgehead atoms. The predicted molar refractivity (Wildman–Crippen MR) is 110 cm³/mol. The Morgan fingerprint density at radius 3 is 2.76 bits per heavy atom. The van der Waals surface area contributed by atoms with Crippen LogP contribution in [0.3, 0.4) is 0 Å². The highest BCUT2D eigenvalue weighted by atomic mass is 16.5. The van der Waals surface area contributed by atoms with E-state index in [-0.39, 0.29) is 12.6 Å². The minimum Gasteiger partial charge on any atom is -0.471 e. The van der Waals surface area contributed by atoms with Gasteiger partial charge in [-0.2, -0.15) is 10.2 Å². The zero-order chi connectivity index (χ0) is 20.1. The largest absolute Gasteiger partial charge is 0.471 e. The van der Waals surface area contributed by atoms with Gasteiger partial charge < -0.3 is 10.1 Å². The van der Waals surface area contributed by atoms with Crippen LogP contribution in [0.5, 0.6) is 5.75 Å². The number of amides is 1. The normalized spacial score (nSPS) is 10.7. The third-order valence-corrected chi connectivity index (χ3v) is 4.41. The van der Waals surface area contributed by atoms with E-state index in [9.17, 15) is 4.79 Å². The molecule has 2 heterocycles. The van der Waals surface area contributed by atoms with Gasteiger partial charge in [-0.3, -0.25) is 9.48 Å². The molecule has 0 radical (unpaired) electrons. The lowest BCUT2D eigenvalue weighted by Crippen LogP contribution is -2.14. The molecule has 4 aromatic rings. The molecule has 7 nitrogen and oxygen atoms in total. The second-order valence-electron chi connectivity index (χ2n) is 6.64. The Morgan fingerprint density at radius 1 is 1.03 bits per heavy atom. The Kier molecular flexibility index (Phi) is 5.38. The number of carbonyl (C=O) groups is 1. The van der Waals surface area contributed by atoms with E-state index >= 15 is 0 Å². The molecular formula is C22H21N5O2. The van der Waals surface area contributed by atoms with Crippen LogP contribution in [0, 0.1) is 6.92 Å². The van der Waals surface area contributed by atoms with Gasteiger partial charge in [0.15, 0.2) is 12.4 Å². The van der Waals surface area contributed by atoms with Gasteiger partial charge in [-0.05, 0) is 48.4 Å². The summed E-state index contributed by atoms with van der Waals surface area (Å²) in [6.45, 7) is 2.86. The van der Waals surface area contributed by atoms with Gasteiger partial charge in [-0.15, -0.1) is 0 Å². The number of hydrogen-bond acceptors (Lipinski definition) is 4. The summed E-state index contributed by atoms with van der Waals surface area (Å²) in [4.78, 5) is 12.5. The van der Waals surface area contributed by atoms with E-state index in [1.54, 1.807) is 23.1 Å². The lowest BCUT2D eigenvalue weighted by Gasteiger charge is -2.08. The summed E-state index contributed by atoms with van der Waals surface area (Å²) in [5, 5.41) is 11.4. The predicted octanol–water partition coefficient (Wildman–Crippen LogP) is 3.73. The molecule has 0 aliphatic carbocycles. The topological polar surface area (TPSA) is 74.0 Å². The van der Waals surface area contributed by atoms with E-state index in [0.717, 1.165) is 16.9 Å². The number of nitrogens with one attached hydrogen (secondary N) is 1. The van der Waals surface area contributed by atoms with Gasteiger partial charge in [0.2, 0.25) is 0 Å². The Balaban J connectivity index is 1.37. The number of rotatable bonds is 7. The molecule has 0 aliphatic heterocycles. The summed E-state index contributed by atoms with van der Waals surface area (Å²) >= 11 is 0. The molecule has 1 amide bonds. The molecule has 0 unspecified atom stereocenters. The number of para-hydroxylation sites is 1. The fraction of sp³-hybridized carbons (Fsp3) is 0.136. The monoisotopic (exact) mass is 387 g/mol. The molecule has 0 aliphatic rings. The fourth-order valence-electron chi connectivity index (χ4n) is 2.93. The molecule has 2 aromatic carbocycles. The van der Waals surface area contributed by atoms with Crippen LogP contribution in [0.1, 0.15) is 21.6 Å². The molecule has 0 saturated heterocycles. The average Bonchev–Trinajstić information content (AvgIpc) is 3.40. The van der Waals surface area contributed by atoms with Gasteiger partial charge in [0.05, 0.1) is 6.54 Å². The average molecular weight is 387 g/mol. The third-order valence-electron chi connectivity index (χ3n) is 4.41. The number of aromatic nitrogens is 4. The van der Waals surface area contributed by atoms with Crippen LogP contribution in [0.15, 0.2) is 79.3 Å². The first-order valence-electron chi connectivity index (χ1n) is 9.27. The van der Waals surface area contributed by atoms with Crippen molar-refractivity contribution in [2.45, 2.75) is 20.2 Å². The minimum atomic E-state index is -0.268. The van der Waals surface area contributed by atoms with Crippen LogP contribution < -0.4 is 10.1 Å². The van der Waals surface area contributed by atoms with E-state index in [4.69, 9.17) is 4.74 Å². The molecule has 0 fully saturated rings. The van der Waals surface area contributed by atoms with Crippen LogP contribution in [0.2, 0.25) is 0 Å². The first-order valence-corrected chi connectivity index (χ1v) is 9.27. The van der Waals surface area contributed by atoms with Crippen LogP contribution in [-0.4, -0.2) is 25.5 Å². The highest BCUT2D eigenvalue weighted by molar-refractivity contribution is 6.02. The van der Waals surface area contributed by atoms with E-state index < -0.39 is 0 Å². The second kappa shape index (κ2) is 8.43. The molecule has 0 spiro atoms. The zero-order valence-corrected chi connectivity index (χ0v) is 16.0. The van der Waals surface area contributed by atoms with Crippen molar-refractivity contribution in [1.29, 1.82) is 0 Å². The van der Waals surface area contributed by atoms with E-state index in [1.165, 1.54) is 0 Å². The first-order chi connectivity index (χ1) is 14.2. The van der Waals surface area contributed by atoms with Gasteiger partial charge >= 0.3 is 0 Å². The van der Waals surface area contributed by atoms with Crippen molar-refractivity contribution in [2.24, 2.45) is 0 Å². The van der Waals surface area contributed by atoms with Gasteiger partial charge in [-0.1, -0.05) is 30.3 Å². The van der Waals surface area contributed by atoms with Crippen molar-refractivity contribution < 1.29 is 9.53 Å². The molecule has 1 N–H and O–H groups in total. The zero-order valence-electron chi connectivity index (χ0n) is 16.0. The number of anilines is 1. The van der Waals surface area contributed by atoms with Crippen LogP contribution in [0.4, 0.5) is 5.69 Å². The second-order valence-corrected chi connectivity index (χ2v) is 6.64. The maximum absolute atomic E-state index is 12.5. The first kappa shape index (κ1) is 18.5. The smallest absolute Gasteiger partial charge is 0.276 e. The van der Waals surface area contributed by atoms with Crippen molar-refractivity contribution in [2.75, 3.05) is 5.32 Å². The highest BCUT2D eigenvalue weighted by Crippen LogP contribution is 2.17. The van der Waals surface area contributed by atoms with E-state index in [0.29, 0.717) is 17.9 Å². The summed E-state index contributed by atoms with van der Waals surface area (Å²) in [5.74, 6) is 0.527. The van der Waals surface area contributed by atoms with Gasteiger partial charge in [0.25, 0.3) is 5.91 Å². The maximum atomic E-state index is 12.5. The lowest BCUT2D eigenvalue weighted by atomic mass is 10.2. The third kappa shape index (κ3) is 4.70. The van der Waals surface area contributed by atoms with Crippen molar-refractivity contribution in [3.05, 3.63) is 96.1 Å². The molecule has 0 atom stereocenters. The minimum absolute atomic E-state index is 0.234. The Bertz CT molecular complexity index is 1100. The SMILES string of the molecule is Cc1ccccc1OCn1ccc(C(=O)Nc2cccc(Cn3cccn3)c2)n1. The molecule has 29 heavy (non-hydrogen) atoms.